The number of amides is 1. The molecule has 0 fully saturated rings. The van der Waals surface area contributed by atoms with Crippen LogP contribution in [0.2, 0.25) is 10.0 Å². The average Bonchev–Trinajstić information content (AvgIpc) is 3.12. The van der Waals surface area contributed by atoms with Crippen molar-refractivity contribution < 1.29 is 18.7 Å². The Labute approximate surface area is 166 Å². The van der Waals surface area contributed by atoms with Crippen molar-refractivity contribution in [2.75, 3.05) is 11.9 Å². The smallest absolute Gasteiger partial charge is 0.291 e. The molecule has 0 saturated heterocycles. The van der Waals surface area contributed by atoms with Crippen LogP contribution in [0.25, 0.3) is 0 Å². The van der Waals surface area contributed by atoms with Gasteiger partial charge in [-0.2, -0.15) is 0 Å². The number of rotatable bonds is 7. The number of hydrogen-bond donors (Lipinski definition) is 1. The second-order valence-corrected chi connectivity index (χ2v) is 6.38. The van der Waals surface area contributed by atoms with Crippen LogP contribution in [0.4, 0.5) is 5.69 Å². The Morgan fingerprint density at radius 2 is 1.81 bits per heavy atom. The summed E-state index contributed by atoms with van der Waals surface area (Å²) in [7, 11) is 0. The standard InChI is InChI=1S/C20H17Cl2NO4/c1-2-25-15-6-4-14(5-7-15)23-20(24)19-10-8-16(27-19)12-26-18-9-3-13(21)11-17(18)22/h3-11H,2,12H2,1H3,(H,23,24). The van der Waals surface area contributed by atoms with Crippen LogP contribution in [0, 0.1) is 0 Å². The molecular weight excluding hydrogens is 389 g/mol. The van der Waals surface area contributed by atoms with E-state index < -0.39 is 0 Å². The van der Waals surface area contributed by atoms with Gasteiger partial charge >= 0.3 is 0 Å². The Hall–Kier alpha value is -2.63. The first-order valence-electron chi connectivity index (χ1n) is 8.26. The fourth-order valence-corrected chi connectivity index (χ4v) is 2.78. The molecule has 0 unspecified atom stereocenters. The molecule has 0 aliphatic heterocycles. The molecule has 0 atom stereocenters. The number of benzene rings is 2. The summed E-state index contributed by atoms with van der Waals surface area (Å²) in [4.78, 5) is 12.3. The Morgan fingerprint density at radius 1 is 1.04 bits per heavy atom. The maximum Gasteiger partial charge on any atom is 0.291 e. The zero-order valence-corrected chi connectivity index (χ0v) is 16.0. The predicted octanol–water partition coefficient (Wildman–Crippen LogP) is 5.82. The van der Waals surface area contributed by atoms with E-state index in [1.165, 1.54) is 0 Å². The summed E-state index contributed by atoms with van der Waals surface area (Å²) >= 11 is 11.9. The minimum absolute atomic E-state index is 0.137. The molecule has 1 heterocycles. The topological polar surface area (TPSA) is 60.7 Å². The van der Waals surface area contributed by atoms with Crippen LogP contribution in [0.1, 0.15) is 23.2 Å². The normalized spacial score (nSPS) is 10.5. The van der Waals surface area contributed by atoms with Crippen LogP contribution in [-0.4, -0.2) is 12.5 Å². The number of carbonyl (C=O) groups excluding carboxylic acids is 1. The summed E-state index contributed by atoms with van der Waals surface area (Å²) in [5, 5.41) is 3.70. The molecule has 2 aromatic carbocycles. The number of hydrogen-bond acceptors (Lipinski definition) is 4. The third kappa shape index (κ3) is 5.18. The second kappa shape index (κ2) is 8.84. The Balaban J connectivity index is 1.58. The highest BCUT2D eigenvalue weighted by Crippen LogP contribution is 2.28. The van der Waals surface area contributed by atoms with Crippen LogP contribution in [0.5, 0.6) is 11.5 Å². The molecular formula is C20H17Cl2NO4. The molecule has 5 nitrogen and oxygen atoms in total. The van der Waals surface area contributed by atoms with Crippen LogP contribution >= 0.6 is 23.2 Å². The maximum atomic E-state index is 12.3. The Kier molecular flexibility index (Phi) is 6.27. The van der Waals surface area contributed by atoms with Crippen LogP contribution in [0.3, 0.4) is 0 Å². The summed E-state index contributed by atoms with van der Waals surface area (Å²) in [6.07, 6.45) is 0. The first kappa shape index (κ1) is 19.1. The van der Waals surface area contributed by atoms with Gasteiger partial charge in [-0.15, -0.1) is 0 Å². The molecule has 0 saturated carbocycles. The Morgan fingerprint density at radius 3 is 2.52 bits per heavy atom. The summed E-state index contributed by atoms with van der Waals surface area (Å²) in [6.45, 7) is 2.64. The lowest BCUT2D eigenvalue weighted by atomic mass is 10.3. The van der Waals surface area contributed by atoms with E-state index in [-0.39, 0.29) is 18.3 Å². The quantitative estimate of drug-likeness (QED) is 0.538. The Bertz CT molecular complexity index is 922. The SMILES string of the molecule is CCOc1ccc(NC(=O)c2ccc(COc3ccc(Cl)cc3Cl)o2)cc1. The highest BCUT2D eigenvalue weighted by molar-refractivity contribution is 6.35. The second-order valence-electron chi connectivity index (χ2n) is 5.54. The van der Waals surface area contributed by atoms with Gasteiger partial charge in [-0.3, -0.25) is 4.79 Å². The lowest BCUT2D eigenvalue weighted by Gasteiger charge is -2.07. The van der Waals surface area contributed by atoms with E-state index in [0.29, 0.717) is 33.8 Å². The largest absolute Gasteiger partial charge is 0.494 e. The van der Waals surface area contributed by atoms with Crippen molar-refractivity contribution in [1.29, 1.82) is 0 Å². The molecule has 3 aromatic rings. The number of carbonyl (C=O) groups is 1. The molecule has 140 valence electrons. The lowest BCUT2D eigenvalue weighted by Crippen LogP contribution is -2.10. The number of nitrogens with one attached hydrogen (secondary N) is 1. The number of halogens is 2. The van der Waals surface area contributed by atoms with Crippen molar-refractivity contribution in [2.24, 2.45) is 0 Å². The van der Waals surface area contributed by atoms with E-state index in [2.05, 4.69) is 5.32 Å². The lowest BCUT2D eigenvalue weighted by molar-refractivity contribution is 0.0992. The van der Waals surface area contributed by atoms with Crippen LogP contribution in [0.15, 0.2) is 59.0 Å². The fourth-order valence-electron chi connectivity index (χ4n) is 2.31. The zero-order valence-electron chi connectivity index (χ0n) is 14.5. The highest BCUT2D eigenvalue weighted by Gasteiger charge is 2.12. The zero-order chi connectivity index (χ0) is 19.2. The molecule has 0 spiro atoms. The van der Waals surface area contributed by atoms with E-state index in [9.17, 15) is 4.79 Å². The van der Waals surface area contributed by atoms with Gasteiger partial charge in [0.15, 0.2) is 5.76 Å². The fraction of sp³-hybridized carbons (Fsp3) is 0.150. The molecule has 0 aliphatic rings. The van der Waals surface area contributed by atoms with Gasteiger partial charge in [-0.25, -0.2) is 0 Å². The first-order valence-corrected chi connectivity index (χ1v) is 9.01. The van der Waals surface area contributed by atoms with E-state index in [4.69, 9.17) is 37.1 Å². The van der Waals surface area contributed by atoms with Gasteiger partial charge in [0.2, 0.25) is 0 Å². The van der Waals surface area contributed by atoms with Gasteiger partial charge < -0.3 is 19.2 Å². The highest BCUT2D eigenvalue weighted by atomic mass is 35.5. The molecule has 3 rings (SSSR count). The van der Waals surface area contributed by atoms with E-state index in [1.54, 1.807) is 54.6 Å². The molecule has 7 heteroatoms. The van der Waals surface area contributed by atoms with Crippen molar-refractivity contribution in [3.05, 3.63) is 76.2 Å². The summed E-state index contributed by atoms with van der Waals surface area (Å²) in [5.41, 5.74) is 0.644. The predicted molar refractivity (Wildman–Crippen MR) is 105 cm³/mol. The van der Waals surface area contributed by atoms with Gasteiger partial charge in [0.05, 0.1) is 11.6 Å². The van der Waals surface area contributed by atoms with Crippen LogP contribution < -0.4 is 14.8 Å². The van der Waals surface area contributed by atoms with E-state index in [1.807, 2.05) is 6.92 Å². The van der Waals surface area contributed by atoms with Crippen LogP contribution in [-0.2, 0) is 6.61 Å². The van der Waals surface area contributed by atoms with Gasteiger partial charge in [0, 0.05) is 10.7 Å². The number of anilines is 1. The summed E-state index contributed by atoms with van der Waals surface area (Å²) in [6, 6.07) is 15.3. The number of ether oxygens (including phenoxy) is 2. The average molecular weight is 406 g/mol. The molecule has 0 bridgehead atoms. The molecule has 1 amide bonds. The number of furan rings is 1. The van der Waals surface area contributed by atoms with Crippen molar-refractivity contribution in [1.82, 2.24) is 0 Å². The monoisotopic (exact) mass is 405 g/mol. The minimum atomic E-state index is -0.352. The van der Waals surface area contributed by atoms with Crippen molar-refractivity contribution in [3.63, 3.8) is 0 Å². The third-order valence-corrected chi connectivity index (χ3v) is 4.10. The van der Waals surface area contributed by atoms with Gasteiger partial charge in [0.25, 0.3) is 5.91 Å². The molecule has 1 N–H and O–H groups in total. The van der Waals surface area contributed by atoms with E-state index in [0.717, 1.165) is 5.75 Å². The minimum Gasteiger partial charge on any atom is -0.494 e. The van der Waals surface area contributed by atoms with Gasteiger partial charge in [0.1, 0.15) is 23.9 Å². The summed E-state index contributed by atoms with van der Waals surface area (Å²) < 4.78 is 16.5. The summed E-state index contributed by atoms with van der Waals surface area (Å²) in [5.74, 6) is 1.56. The first-order chi connectivity index (χ1) is 13.0. The molecule has 1 aromatic heterocycles. The molecule has 27 heavy (non-hydrogen) atoms. The van der Waals surface area contributed by atoms with Crippen molar-refractivity contribution in [3.8, 4) is 11.5 Å². The molecule has 0 radical (unpaired) electrons. The van der Waals surface area contributed by atoms with Crippen molar-refractivity contribution >= 4 is 34.8 Å². The maximum absolute atomic E-state index is 12.3. The van der Waals surface area contributed by atoms with Crippen molar-refractivity contribution in [2.45, 2.75) is 13.5 Å². The molecule has 0 aliphatic carbocycles. The van der Waals surface area contributed by atoms with E-state index >= 15 is 0 Å². The van der Waals surface area contributed by atoms with Gasteiger partial charge in [-0.1, -0.05) is 23.2 Å². The third-order valence-electron chi connectivity index (χ3n) is 3.57. The van der Waals surface area contributed by atoms with Gasteiger partial charge in [-0.05, 0) is 61.5 Å².